The standard InChI is InChI=1S/C18H22BF4NO3/c1-11(25)24-10-13(19-26-16(2,3)17(4,5)27-19)9-12-7-6-8-14(20)15(12)18(21,22)23/h6-9H,10H2,1-5H3,(H,24,25). The van der Waals surface area contributed by atoms with Crippen LogP contribution in [0.3, 0.4) is 0 Å². The van der Waals surface area contributed by atoms with Gasteiger partial charge in [0.2, 0.25) is 5.91 Å². The summed E-state index contributed by atoms with van der Waals surface area (Å²) in [5.41, 5.74) is -2.93. The van der Waals surface area contributed by atoms with Crippen LogP contribution >= 0.6 is 0 Å². The summed E-state index contributed by atoms with van der Waals surface area (Å²) in [6, 6.07) is 3.10. The van der Waals surface area contributed by atoms with Gasteiger partial charge in [0.15, 0.2) is 0 Å². The average Bonchev–Trinajstić information content (AvgIpc) is 2.70. The predicted octanol–water partition coefficient (Wildman–Crippen LogP) is 4.00. The Morgan fingerprint density at radius 2 is 1.74 bits per heavy atom. The van der Waals surface area contributed by atoms with E-state index in [4.69, 9.17) is 9.31 Å². The van der Waals surface area contributed by atoms with Crippen LogP contribution in [0.25, 0.3) is 6.08 Å². The van der Waals surface area contributed by atoms with Gasteiger partial charge in [-0.1, -0.05) is 18.2 Å². The zero-order valence-corrected chi connectivity index (χ0v) is 15.8. The molecule has 0 saturated carbocycles. The summed E-state index contributed by atoms with van der Waals surface area (Å²) in [7, 11) is -0.980. The molecule has 0 unspecified atom stereocenters. The average molecular weight is 387 g/mol. The Hall–Kier alpha value is -1.87. The highest BCUT2D eigenvalue weighted by Gasteiger charge is 2.52. The lowest BCUT2D eigenvalue weighted by Gasteiger charge is -2.32. The molecule has 1 fully saturated rings. The van der Waals surface area contributed by atoms with Gasteiger partial charge in [-0.25, -0.2) is 4.39 Å². The molecule has 27 heavy (non-hydrogen) atoms. The highest BCUT2D eigenvalue weighted by molar-refractivity contribution is 6.56. The van der Waals surface area contributed by atoms with Gasteiger partial charge in [0.05, 0.1) is 16.8 Å². The Balaban J connectivity index is 2.50. The largest absolute Gasteiger partial charge is 0.492 e. The number of rotatable bonds is 4. The van der Waals surface area contributed by atoms with Crippen molar-refractivity contribution in [3.8, 4) is 0 Å². The Morgan fingerprint density at radius 1 is 1.19 bits per heavy atom. The maximum atomic E-state index is 13.9. The minimum atomic E-state index is -4.87. The molecule has 4 nitrogen and oxygen atoms in total. The first kappa shape index (κ1) is 21.4. The van der Waals surface area contributed by atoms with Crippen LogP contribution in [0.4, 0.5) is 17.6 Å². The number of halogens is 4. The Kier molecular flexibility index (Phi) is 5.78. The summed E-state index contributed by atoms with van der Waals surface area (Å²) in [5.74, 6) is -1.74. The summed E-state index contributed by atoms with van der Waals surface area (Å²) in [4.78, 5) is 11.3. The van der Waals surface area contributed by atoms with Crippen molar-refractivity contribution in [2.24, 2.45) is 0 Å². The van der Waals surface area contributed by atoms with Crippen LogP contribution < -0.4 is 5.32 Å². The topological polar surface area (TPSA) is 47.6 Å². The number of benzene rings is 1. The lowest BCUT2D eigenvalue weighted by molar-refractivity contribution is -0.140. The molecule has 1 aliphatic rings. The van der Waals surface area contributed by atoms with E-state index in [1.54, 1.807) is 27.7 Å². The zero-order valence-electron chi connectivity index (χ0n) is 15.8. The minimum absolute atomic E-state index is 0.0973. The van der Waals surface area contributed by atoms with Crippen molar-refractivity contribution in [2.75, 3.05) is 6.54 Å². The van der Waals surface area contributed by atoms with Crippen molar-refractivity contribution in [3.63, 3.8) is 0 Å². The number of nitrogens with one attached hydrogen (secondary N) is 1. The SMILES string of the molecule is CC(=O)NCC(=Cc1cccc(F)c1C(F)(F)F)B1OC(C)(C)C(C)(C)O1. The second-order valence-electron chi connectivity index (χ2n) is 7.42. The summed E-state index contributed by atoms with van der Waals surface area (Å²) < 4.78 is 65.5. The molecule has 0 aliphatic carbocycles. The van der Waals surface area contributed by atoms with Crippen LogP contribution in [0.2, 0.25) is 0 Å². The quantitative estimate of drug-likeness (QED) is 0.628. The van der Waals surface area contributed by atoms with E-state index in [9.17, 15) is 22.4 Å². The first-order valence-electron chi connectivity index (χ1n) is 8.41. The number of amides is 1. The van der Waals surface area contributed by atoms with Crippen LogP contribution in [0.15, 0.2) is 23.7 Å². The minimum Gasteiger partial charge on any atom is -0.400 e. The molecule has 148 valence electrons. The fourth-order valence-electron chi connectivity index (χ4n) is 2.58. The van der Waals surface area contributed by atoms with Crippen LogP contribution in [0.1, 0.15) is 45.7 Å². The molecule has 1 amide bonds. The summed E-state index contributed by atoms with van der Waals surface area (Å²) >= 11 is 0. The molecule has 1 heterocycles. The summed E-state index contributed by atoms with van der Waals surface area (Å²) in [5, 5.41) is 2.53. The fraction of sp³-hybridized carbons (Fsp3) is 0.500. The molecule has 1 N–H and O–H groups in total. The van der Waals surface area contributed by atoms with Crippen molar-refractivity contribution in [2.45, 2.75) is 52.0 Å². The van der Waals surface area contributed by atoms with Crippen LogP contribution in [0, 0.1) is 5.82 Å². The fourth-order valence-corrected chi connectivity index (χ4v) is 2.58. The van der Waals surface area contributed by atoms with Gasteiger partial charge in [-0.15, -0.1) is 0 Å². The zero-order chi connectivity index (χ0) is 20.6. The third-order valence-corrected chi connectivity index (χ3v) is 4.77. The molecular weight excluding hydrogens is 365 g/mol. The normalized spacial score (nSPS) is 19.3. The molecule has 0 atom stereocenters. The van der Waals surface area contributed by atoms with E-state index in [1.807, 2.05) is 0 Å². The predicted molar refractivity (Wildman–Crippen MR) is 94.1 cm³/mol. The van der Waals surface area contributed by atoms with E-state index in [0.29, 0.717) is 0 Å². The van der Waals surface area contributed by atoms with E-state index in [-0.39, 0.29) is 23.5 Å². The second kappa shape index (κ2) is 7.28. The first-order chi connectivity index (χ1) is 12.2. The summed E-state index contributed by atoms with van der Waals surface area (Å²) in [6.45, 7) is 8.38. The third kappa shape index (κ3) is 4.70. The van der Waals surface area contributed by atoms with Crippen molar-refractivity contribution >= 4 is 19.1 Å². The highest BCUT2D eigenvalue weighted by atomic mass is 19.4. The van der Waals surface area contributed by atoms with Gasteiger partial charge in [0.1, 0.15) is 5.82 Å². The van der Waals surface area contributed by atoms with Crippen LogP contribution in [-0.2, 0) is 20.3 Å². The van der Waals surface area contributed by atoms with E-state index < -0.39 is 35.9 Å². The maximum absolute atomic E-state index is 13.9. The molecule has 9 heteroatoms. The van der Waals surface area contributed by atoms with Gasteiger partial charge in [-0.3, -0.25) is 4.79 Å². The van der Waals surface area contributed by atoms with Gasteiger partial charge >= 0.3 is 13.3 Å². The second-order valence-corrected chi connectivity index (χ2v) is 7.42. The van der Waals surface area contributed by atoms with Gasteiger partial charge in [-0.05, 0) is 44.8 Å². The van der Waals surface area contributed by atoms with Crippen LogP contribution in [0.5, 0.6) is 0 Å². The molecule has 0 bridgehead atoms. The number of carbonyl (C=O) groups is 1. The van der Waals surface area contributed by atoms with Crippen LogP contribution in [-0.4, -0.2) is 30.8 Å². The van der Waals surface area contributed by atoms with E-state index >= 15 is 0 Å². The third-order valence-electron chi connectivity index (χ3n) is 4.77. The highest BCUT2D eigenvalue weighted by Crippen LogP contribution is 2.40. The lowest BCUT2D eigenvalue weighted by atomic mass is 9.76. The van der Waals surface area contributed by atoms with Crippen molar-refractivity contribution in [1.29, 1.82) is 0 Å². The molecule has 1 aromatic carbocycles. The molecule has 0 radical (unpaired) electrons. The smallest absolute Gasteiger partial charge is 0.400 e. The molecule has 0 aromatic heterocycles. The molecule has 1 aromatic rings. The van der Waals surface area contributed by atoms with Gasteiger partial charge in [-0.2, -0.15) is 13.2 Å². The van der Waals surface area contributed by atoms with Crippen molar-refractivity contribution in [3.05, 3.63) is 40.6 Å². The number of hydrogen-bond acceptors (Lipinski definition) is 3. The molecule has 0 spiro atoms. The first-order valence-corrected chi connectivity index (χ1v) is 8.41. The van der Waals surface area contributed by atoms with Crippen molar-refractivity contribution in [1.82, 2.24) is 5.32 Å². The lowest BCUT2D eigenvalue weighted by Crippen LogP contribution is -2.41. The van der Waals surface area contributed by atoms with Gasteiger partial charge in [0.25, 0.3) is 0 Å². The molecular formula is C18H22BF4NO3. The van der Waals surface area contributed by atoms with E-state index in [1.165, 1.54) is 13.0 Å². The maximum Gasteiger partial charge on any atom is 0.492 e. The molecule has 1 aliphatic heterocycles. The van der Waals surface area contributed by atoms with Gasteiger partial charge < -0.3 is 14.6 Å². The Labute approximate surface area is 156 Å². The molecule has 1 saturated heterocycles. The van der Waals surface area contributed by atoms with E-state index in [0.717, 1.165) is 18.2 Å². The monoisotopic (exact) mass is 387 g/mol. The number of hydrogen-bond donors (Lipinski definition) is 1. The number of alkyl halides is 3. The Morgan fingerprint density at radius 3 is 2.22 bits per heavy atom. The summed E-state index contributed by atoms with van der Waals surface area (Å²) in [6.07, 6.45) is -3.71. The van der Waals surface area contributed by atoms with E-state index in [2.05, 4.69) is 5.32 Å². The molecule has 2 rings (SSSR count). The van der Waals surface area contributed by atoms with Gasteiger partial charge in [0, 0.05) is 13.5 Å². The number of carbonyl (C=O) groups excluding carboxylic acids is 1. The Bertz CT molecular complexity index is 743. The van der Waals surface area contributed by atoms with Crippen molar-refractivity contribution < 1.29 is 31.7 Å².